The van der Waals surface area contributed by atoms with Gasteiger partial charge in [-0.1, -0.05) is 36.4 Å². The van der Waals surface area contributed by atoms with Crippen LogP contribution in [0.15, 0.2) is 60.0 Å². The summed E-state index contributed by atoms with van der Waals surface area (Å²) in [6.07, 6.45) is 0.0531. The normalized spacial score (nSPS) is 18.5. The monoisotopic (exact) mass is 371 g/mol. The van der Waals surface area contributed by atoms with E-state index < -0.39 is 17.7 Å². The summed E-state index contributed by atoms with van der Waals surface area (Å²) in [5.74, 6) is -1.83. The van der Waals surface area contributed by atoms with E-state index >= 15 is 0 Å². The summed E-state index contributed by atoms with van der Waals surface area (Å²) in [6, 6.07) is 16.0. The van der Waals surface area contributed by atoms with E-state index in [1.165, 1.54) is 22.1 Å². The molecule has 4 rings (SSSR count). The van der Waals surface area contributed by atoms with Crippen LogP contribution in [0.3, 0.4) is 0 Å². The largest absolute Gasteiger partial charge is 0.387 e. The average Bonchev–Trinajstić information content (AvgIpc) is 3.13. The number of hydrogen-bond acceptors (Lipinski definition) is 3. The van der Waals surface area contributed by atoms with Crippen LogP contribution < -0.4 is 0 Å². The van der Waals surface area contributed by atoms with Gasteiger partial charge in [-0.2, -0.15) is 0 Å². The molecule has 0 saturated carbocycles. The van der Waals surface area contributed by atoms with E-state index in [4.69, 9.17) is 0 Å². The molecule has 2 heterocycles. The lowest BCUT2D eigenvalue weighted by atomic mass is 9.92. The Kier molecular flexibility index (Phi) is 4.85. The van der Waals surface area contributed by atoms with E-state index in [1.54, 1.807) is 11.3 Å². The van der Waals surface area contributed by atoms with E-state index in [9.17, 15) is 13.9 Å². The van der Waals surface area contributed by atoms with E-state index in [2.05, 4.69) is 28.5 Å². The van der Waals surface area contributed by atoms with Gasteiger partial charge >= 0.3 is 0 Å². The number of benzene rings is 2. The summed E-state index contributed by atoms with van der Waals surface area (Å²) in [4.78, 5) is 3.59. The van der Waals surface area contributed by atoms with Crippen LogP contribution in [0.25, 0.3) is 0 Å². The Balaban J connectivity index is 1.63. The molecule has 0 fully saturated rings. The highest BCUT2D eigenvalue weighted by atomic mass is 32.1. The molecule has 26 heavy (non-hydrogen) atoms. The van der Waals surface area contributed by atoms with Crippen LogP contribution in [0.1, 0.15) is 33.7 Å². The van der Waals surface area contributed by atoms with Gasteiger partial charge in [-0.15, -0.1) is 11.3 Å². The molecule has 0 saturated heterocycles. The molecule has 0 unspecified atom stereocenters. The van der Waals surface area contributed by atoms with Crippen molar-refractivity contribution < 1.29 is 13.9 Å². The second-order valence-corrected chi connectivity index (χ2v) is 7.55. The highest BCUT2D eigenvalue weighted by Crippen LogP contribution is 2.38. The minimum absolute atomic E-state index is 0.0612. The smallest absolute Gasteiger partial charge is 0.159 e. The fourth-order valence-electron chi connectivity index (χ4n) is 3.64. The van der Waals surface area contributed by atoms with Gasteiger partial charge in [0.25, 0.3) is 0 Å². The summed E-state index contributed by atoms with van der Waals surface area (Å²) in [7, 11) is 0. The standard InChI is InChI=1S/C21H19F2NOS/c22-17-7-6-15(12-18(17)23)19(25)13-24-10-8-20-16(9-11-26-20)21(24)14-4-2-1-3-5-14/h1-7,9,11-12,19,21,25H,8,10,13H2/t19-,21+/m0/s1. The third kappa shape index (κ3) is 3.30. The minimum atomic E-state index is -0.931. The van der Waals surface area contributed by atoms with Crippen molar-refractivity contribution in [3.63, 3.8) is 0 Å². The molecule has 5 heteroatoms. The minimum Gasteiger partial charge on any atom is -0.387 e. The van der Waals surface area contributed by atoms with Crippen LogP contribution in [0.2, 0.25) is 0 Å². The molecule has 1 aromatic heterocycles. The third-order valence-electron chi connectivity index (χ3n) is 4.92. The molecular formula is C21H19F2NOS. The molecule has 2 aromatic carbocycles. The summed E-state index contributed by atoms with van der Waals surface area (Å²) in [6.45, 7) is 1.17. The van der Waals surface area contributed by atoms with E-state index in [0.717, 1.165) is 25.1 Å². The van der Waals surface area contributed by atoms with Crippen molar-refractivity contribution in [3.8, 4) is 0 Å². The van der Waals surface area contributed by atoms with Gasteiger partial charge in [-0.3, -0.25) is 4.90 Å². The lowest BCUT2D eigenvalue weighted by molar-refractivity contribution is 0.0924. The fourth-order valence-corrected chi connectivity index (χ4v) is 4.54. The van der Waals surface area contributed by atoms with Crippen molar-refractivity contribution in [1.29, 1.82) is 0 Å². The van der Waals surface area contributed by atoms with Crippen molar-refractivity contribution in [1.82, 2.24) is 4.90 Å². The number of fused-ring (bicyclic) bond motifs is 1. The summed E-state index contributed by atoms with van der Waals surface area (Å²) in [5, 5.41) is 12.7. The third-order valence-corrected chi connectivity index (χ3v) is 5.91. The van der Waals surface area contributed by atoms with Gasteiger partial charge in [-0.25, -0.2) is 8.78 Å². The number of β-amino-alcohol motifs (C(OH)–C–C–N with tert-alkyl or cyclic N) is 1. The Labute approximate surface area is 155 Å². The second-order valence-electron chi connectivity index (χ2n) is 6.55. The van der Waals surface area contributed by atoms with Crippen LogP contribution in [-0.4, -0.2) is 23.1 Å². The predicted octanol–water partition coefficient (Wildman–Crippen LogP) is 4.71. The van der Waals surface area contributed by atoms with Crippen molar-refractivity contribution in [2.75, 3.05) is 13.1 Å². The van der Waals surface area contributed by atoms with Crippen molar-refractivity contribution in [2.45, 2.75) is 18.6 Å². The van der Waals surface area contributed by atoms with E-state index in [1.807, 2.05) is 18.2 Å². The maximum absolute atomic E-state index is 13.5. The van der Waals surface area contributed by atoms with Gasteiger partial charge in [0, 0.05) is 18.0 Å². The molecule has 0 aliphatic carbocycles. The lowest BCUT2D eigenvalue weighted by Crippen LogP contribution is -2.38. The van der Waals surface area contributed by atoms with Crippen molar-refractivity contribution in [2.24, 2.45) is 0 Å². The number of halogens is 2. The molecule has 134 valence electrons. The molecule has 1 aliphatic heterocycles. The second kappa shape index (κ2) is 7.27. The number of hydrogen-bond donors (Lipinski definition) is 1. The van der Waals surface area contributed by atoms with Crippen LogP contribution >= 0.6 is 11.3 Å². The molecule has 2 atom stereocenters. The Hall–Kier alpha value is -2.08. The van der Waals surface area contributed by atoms with Gasteiger partial charge in [0.15, 0.2) is 11.6 Å². The van der Waals surface area contributed by atoms with Gasteiger partial charge in [0.1, 0.15) is 0 Å². The zero-order valence-electron chi connectivity index (χ0n) is 14.1. The van der Waals surface area contributed by atoms with Crippen LogP contribution in [0, 0.1) is 11.6 Å². The SMILES string of the molecule is O[C@@H](CN1CCc2sccc2[C@H]1c1ccccc1)c1ccc(F)c(F)c1. The zero-order chi connectivity index (χ0) is 18.1. The first kappa shape index (κ1) is 17.3. The maximum Gasteiger partial charge on any atom is 0.159 e. The topological polar surface area (TPSA) is 23.5 Å². The summed E-state index contributed by atoms with van der Waals surface area (Å²) in [5.41, 5.74) is 2.83. The number of rotatable bonds is 4. The first-order valence-electron chi connectivity index (χ1n) is 8.62. The van der Waals surface area contributed by atoms with Gasteiger partial charge < -0.3 is 5.11 Å². The number of aliphatic hydroxyl groups is 1. The molecule has 1 N–H and O–H groups in total. The van der Waals surface area contributed by atoms with Crippen molar-refractivity contribution >= 4 is 11.3 Å². The fraction of sp³-hybridized carbons (Fsp3) is 0.238. The number of aliphatic hydroxyl groups excluding tert-OH is 1. The first-order chi connectivity index (χ1) is 12.6. The molecule has 0 radical (unpaired) electrons. The van der Waals surface area contributed by atoms with Crippen LogP contribution in [0.5, 0.6) is 0 Å². The Morgan fingerprint density at radius 2 is 1.88 bits per heavy atom. The Morgan fingerprint density at radius 3 is 2.65 bits per heavy atom. The average molecular weight is 371 g/mol. The zero-order valence-corrected chi connectivity index (χ0v) is 14.9. The molecule has 2 nitrogen and oxygen atoms in total. The first-order valence-corrected chi connectivity index (χ1v) is 9.49. The molecule has 1 aliphatic rings. The molecule has 0 amide bonds. The molecule has 0 spiro atoms. The Bertz CT molecular complexity index is 896. The van der Waals surface area contributed by atoms with Gasteiger partial charge in [0.05, 0.1) is 12.1 Å². The van der Waals surface area contributed by atoms with Crippen LogP contribution in [0.4, 0.5) is 8.78 Å². The summed E-state index contributed by atoms with van der Waals surface area (Å²) >= 11 is 1.76. The highest BCUT2D eigenvalue weighted by molar-refractivity contribution is 7.10. The van der Waals surface area contributed by atoms with E-state index in [0.29, 0.717) is 12.1 Å². The van der Waals surface area contributed by atoms with Gasteiger partial charge in [0.2, 0.25) is 0 Å². The molecule has 3 aromatic rings. The molecular weight excluding hydrogens is 352 g/mol. The predicted molar refractivity (Wildman–Crippen MR) is 99.2 cm³/mol. The van der Waals surface area contributed by atoms with Crippen molar-refractivity contribution in [3.05, 3.63) is 93.2 Å². The Morgan fingerprint density at radius 1 is 1.08 bits per heavy atom. The number of thiophene rings is 1. The lowest BCUT2D eigenvalue weighted by Gasteiger charge is -2.37. The quantitative estimate of drug-likeness (QED) is 0.718. The maximum atomic E-state index is 13.5. The van der Waals surface area contributed by atoms with E-state index in [-0.39, 0.29) is 6.04 Å². The molecule has 0 bridgehead atoms. The van der Waals surface area contributed by atoms with Crippen LogP contribution in [-0.2, 0) is 6.42 Å². The highest BCUT2D eigenvalue weighted by Gasteiger charge is 2.31. The van der Waals surface area contributed by atoms with Gasteiger partial charge in [-0.05, 0) is 46.7 Å². The number of nitrogens with zero attached hydrogens (tertiary/aromatic N) is 1. The summed E-state index contributed by atoms with van der Waals surface area (Å²) < 4.78 is 26.7.